The number of carbonyl (C=O) groups excluding carboxylic acids is 1. The minimum absolute atomic E-state index is 0.120. The Kier molecular flexibility index (Phi) is 6.42. The predicted octanol–water partition coefficient (Wildman–Crippen LogP) is 3.17. The van der Waals surface area contributed by atoms with E-state index in [0.717, 1.165) is 17.2 Å². The zero-order valence-corrected chi connectivity index (χ0v) is 14.6. The Bertz CT molecular complexity index is 519. The Hall–Kier alpha value is -1.55. The minimum Gasteiger partial charge on any atom is -0.397 e. The van der Waals surface area contributed by atoms with Crippen LogP contribution in [0.15, 0.2) is 12.1 Å². The molecule has 1 aromatic rings. The highest BCUT2D eigenvalue weighted by Gasteiger charge is 2.28. The molecule has 1 aromatic carbocycles. The van der Waals surface area contributed by atoms with Gasteiger partial charge < -0.3 is 16.8 Å². The number of Topliss-reactive ketones (excluding diaryl/α,β-unsaturated/α-hetero) is 1. The number of hydrogen-bond donors (Lipinski definition) is 3. The Labute approximate surface area is 134 Å². The van der Waals surface area contributed by atoms with Crippen LogP contribution in [-0.4, -0.2) is 18.4 Å². The molecule has 0 spiro atoms. The number of ketones is 1. The lowest BCUT2D eigenvalue weighted by molar-refractivity contribution is -0.121. The van der Waals surface area contributed by atoms with Gasteiger partial charge in [-0.3, -0.25) is 4.79 Å². The van der Waals surface area contributed by atoms with Crippen molar-refractivity contribution in [2.75, 3.05) is 18.0 Å². The molecule has 0 radical (unpaired) electrons. The molecule has 0 aromatic heterocycles. The van der Waals surface area contributed by atoms with Crippen LogP contribution in [0.4, 0.5) is 11.4 Å². The van der Waals surface area contributed by atoms with Crippen LogP contribution in [0.1, 0.15) is 58.1 Å². The first-order valence-corrected chi connectivity index (χ1v) is 8.10. The van der Waals surface area contributed by atoms with Crippen LogP contribution in [-0.2, 0) is 10.2 Å². The van der Waals surface area contributed by atoms with E-state index in [1.165, 1.54) is 25.8 Å². The molecule has 0 bridgehead atoms. The van der Waals surface area contributed by atoms with Crippen molar-refractivity contribution in [1.82, 2.24) is 5.32 Å². The number of nitrogens with two attached hydrogens (primary N) is 2. The lowest BCUT2D eigenvalue weighted by Gasteiger charge is -2.24. The van der Waals surface area contributed by atoms with E-state index < -0.39 is 5.41 Å². The van der Waals surface area contributed by atoms with E-state index >= 15 is 0 Å². The maximum absolute atomic E-state index is 11.5. The second-order valence-electron chi connectivity index (χ2n) is 6.71. The standard InChI is InChI=1S/C12H18N2O.C6H13N/c1-7-5-10(13)11(14)6-9(7)12(3,4)8(2)15;1-2-5-7-6-3-4-6/h5-6H,13-14H2,1-4H3;6-7H,2-5H2,1H3. The molecule has 0 saturated heterocycles. The number of nitrogens with one attached hydrogen (secondary N) is 1. The number of rotatable bonds is 5. The number of anilines is 2. The van der Waals surface area contributed by atoms with Gasteiger partial charge in [0.2, 0.25) is 0 Å². The lowest BCUT2D eigenvalue weighted by Crippen LogP contribution is -2.27. The third-order valence-corrected chi connectivity index (χ3v) is 4.24. The quantitative estimate of drug-likeness (QED) is 0.730. The van der Waals surface area contributed by atoms with Gasteiger partial charge in [0, 0.05) is 11.5 Å². The molecule has 1 saturated carbocycles. The monoisotopic (exact) mass is 305 g/mol. The van der Waals surface area contributed by atoms with Crippen molar-refractivity contribution in [3.8, 4) is 0 Å². The van der Waals surface area contributed by atoms with E-state index in [0.29, 0.717) is 11.4 Å². The zero-order valence-electron chi connectivity index (χ0n) is 14.6. The molecule has 0 atom stereocenters. The third kappa shape index (κ3) is 5.02. The van der Waals surface area contributed by atoms with E-state index in [2.05, 4.69) is 12.2 Å². The van der Waals surface area contributed by atoms with Gasteiger partial charge in [-0.05, 0) is 76.8 Å². The van der Waals surface area contributed by atoms with Gasteiger partial charge in [-0.15, -0.1) is 0 Å². The summed E-state index contributed by atoms with van der Waals surface area (Å²) in [5.41, 5.74) is 14.0. The van der Waals surface area contributed by atoms with Crippen molar-refractivity contribution < 1.29 is 4.79 Å². The van der Waals surface area contributed by atoms with Crippen LogP contribution >= 0.6 is 0 Å². The highest BCUT2D eigenvalue weighted by Crippen LogP contribution is 2.31. The Balaban J connectivity index is 0.000000287. The van der Waals surface area contributed by atoms with E-state index in [-0.39, 0.29) is 5.78 Å². The smallest absolute Gasteiger partial charge is 0.139 e. The largest absolute Gasteiger partial charge is 0.397 e. The van der Waals surface area contributed by atoms with E-state index in [1.54, 1.807) is 13.0 Å². The molecular weight excluding hydrogens is 274 g/mol. The van der Waals surface area contributed by atoms with Crippen molar-refractivity contribution in [2.45, 2.75) is 65.3 Å². The summed E-state index contributed by atoms with van der Waals surface area (Å²) in [6, 6.07) is 4.52. The summed E-state index contributed by atoms with van der Waals surface area (Å²) >= 11 is 0. The molecule has 5 N–H and O–H groups in total. The van der Waals surface area contributed by atoms with Crippen LogP contribution < -0.4 is 16.8 Å². The van der Waals surface area contributed by atoms with E-state index in [1.807, 2.05) is 26.8 Å². The molecule has 1 fully saturated rings. The van der Waals surface area contributed by atoms with Crippen LogP contribution in [0.3, 0.4) is 0 Å². The molecule has 0 amide bonds. The van der Waals surface area contributed by atoms with Crippen molar-refractivity contribution in [1.29, 1.82) is 0 Å². The molecule has 0 heterocycles. The third-order valence-electron chi connectivity index (χ3n) is 4.24. The maximum Gasteiger partial charge on any atom is 0.139 e. The minimum atomic E-state index is -0.508. The molecule has 1 aliphatic carbocycles. The molecule has 124 valence electrons. The van der Waals surface area contributed by atoms with E-state index in [9.17, 15) is 4.79 Å². The second-order valence-corrected chi connectivity index (χ2v) is 6.71. The second kappa shape index (κ2) is 7.63. The van der Waals surface area contributed by atoms with Crippen molar-refractivity contribution in [3.05, 3.63) is 23.3 Å². The topological polar surface area (TPSA) is 81.1 Å². The summed E-state index contributed by atoms with van der Waals surface area (Å²) in [4.78, 5) is 11.5. The summed E-state index contributed by atoms with van der Waals surface area (Å²) in [6.45, 7) is 10.7. The van der Waals surface area contributed by atoms with Gasteiger partial charge in [-0.2, -0.15) is 0 Å². The molecular formula is C18H31N3O. The van der Waals surface area contributed by atoms with Crippen LogP contribution in [0.2, 0.25) is 0 Å². The van der Waals surface area contributed by atoms with Crippen molar-refractivity contribution in [2.24, 2.45) is 0 Å². The summed E-state index contributed by atoms with van der Waals surface area (Å²) in [5, 5.41) is 3.41. The molecule has 4 nitrogen and oxygen atoms in total. The fraction of sp³-hybridized carbons (Fsp3) is 0.611. The zero-order chi connectivity index (χ0) is 16.9. The summed E-state index contributed by atoms with van der Waals surface area (Å²) in [7, 11) is 0. The first-order chi connectivity index (χ1) is 10.2. The van der Waals surface area contributed by atoms with Crippen LogP contribution in [0.5, 0.6) is 0 Å². The van der Waals surface area contributed by atoms with Gasteiger partial charge >= 0.3 is 0 Å². The highest BCUT2D eigenvalue weighted by atomic mass is 16.1. The number of aryl methyl sites for hydroxylation is 1. The number of benzene rings is 1. The first-order valence-electron chi connectivity index (χ1n) is 8.10. The molecule has 1 aliphatic rings. The number of carbonyl (C=O) groups is 1. The predicted molar refractivity (Wildman–Crippen MR) is 95.0 cm³/mol. The SMILES string of the molecule is CC(=O)C(C)(C)c1cc(N)c(N)cc1C.CCCNC1CC1. The van der Waals surface area contributed by atoms with Gasteiger partial charge in [-0.25, -0.2) is 0 Å². The Morgan fingerprint density at radius 3 is 2.27 bits per heavy atom. The van der Waals surface area contributed by atoms with Gasteiger partial charge in [0.1, 0.15) is 5.78 Å². The Morgan fingerprint density at radius 1 is 1.27 bits per heavy atom. The molecule has 0 unspecified atom stereocenters. The summed E-state index contributed by atoms with van der Waals surface area (Å²) in [5.74, 6) is 0.120. The molecule has 4 heteroatoms. The van der Waals surface area contributed by atoms with Crippen LogP contribution in [0.25, 0.3) is 0 Å². The summed E-state index contributed by atoms with van der Waals surface area (Å²) < 4.78 is 0. The average molecular weight is 305 g/mol. The van der Waals surface area contributed by atoms with E-state index in [4.69, 9.17) is 11.5 Å². The molecule has 22 heavy (non-hydrogen) atoms. The maximum atomic E-state index is 11.5. The molecule has 0 aliphatic heterocycles. The number of nitrogen functional groups attached to an aromatic ring is 2. The van der Waals surface area contributed by atoms with Gasteiger partial charge in [-0.1, -0.05) is 6.92 Å². The van der Waals surface area contributed by atoms with Gasteiger partial charge in [0.05, 0.1) is 11.4 Å². The molecule has 2 rings (SSSR count). The fourth-order valence-corrected chi connectivity index (χ4v) is 2.25. The van der Waals surface area contributed by atoms with Crippen LogP contribution in [0, 0.1) is 6.92 Å². The fourth-order valence-electron chi connectivity index (χ4n) is 2.25. The van der Waals surface area contributed by atoms with Gasteiger partial charge in [0.15, 0.2) is 0 Å². The average Bonchev–Trinajstić information content (AvgIpc) is 3.25. The Morgan fingerprint density at radius 2 is 1.82 bits per heavy atom. The first kappa shape index (κ1) is 18.5. The normalized spacial score (nSPS) is 14.2. The summed E-state index contributed by atoms with van der Waals surface area (Å²) in [6.07, 6.45) is 4.11. The lowest BCUT2D eigenvalue weighted by atomic mass is 9.78. The van der Waals surface area contributed by atoms with Crippen molar-refractivity contribution >= 4 is 17.2 Å². The number of hydrogen-bond acceptors (Lipinski definition) is 4. The highest BCUT2D eigenvalue weighted by molar-refractivity contribution is 5.88. The van der Waals surface area contributed by atoms with Gasteiger partial charge in [0.25, 0.3) is 0 Å². The van der Waals surface area contributed by atoms with Crippen molar-refractivity contribution in [3.63, 3.8) is 0 Å².